The molecular weight excluding hydrogens is 431 g/mol. The average molecular weight is 458 g/mol. The topological polar surface area (TPSA) is 29.1 Å². The van der Waals surface area contributed by atoms with E-state index in [0.29, 0.717) is 27.7 Å². The molecule has 2 nitrogen and oxygen atoms in total. The van der Waals surface area contributed by atoms with Crippen LogP contribution in [0.3, 0.4) is 0 Å². The molecule has 0 aromatic heterocycles. The van der Waals surface area contributed by atoms with Crippen molar-refractivity contribution in [2.45, 2.75) is 57.1 Å². The van der Waals surface area contributed by atoms with E-state index in [1.54, 1.807) is 30.0 Å². The number of amides is 1. The van der Waals surface area contributed by atoms with Crippen LogP contribution in [0.1, 0.15) is 57.3 Å². The maximum atomic E-state index is 13.4. The van der Waals surface area contributed by atoms with Gasteiger partial charge in [0.05, 0.1) is 5.02 Å². The number of anilines is 1. The van der Waals surface area contributed by atoms with Crippen LogP contribution in [-0.4, -0.2) is 11.2 Å². The molecule has 0 bridgehead atoms. The predicted octanol–water partition coefficient (Wildman–Crippen LogP) is 7.95. The number of thioether (sulfide) groups is 1. The number of nitrogens with one attached hydrogen (secondary N) is 1. The number of carbonyl (C=O) groups excluding carboxylic acids is 1. The number of carbonyl (C=O) groups is 1. The molecule has 164 valence electrons. The maximum Gasteiger partial charge on any atom is 0.255 e. The summed E-state index contributed by atoms with van der Waals surface area (Å²) in [6, 6.07) is 6.33. The summed E-state index contributed by atoms with van der Waals surface area (Å²) < 4.78 is 39.9. The maximum absolute atomic E-state index is 13.4. The van der Waals surface area contributed by atoms with E-state index in [-0.39, 0.29) is 5.69 Å². The summed E-state index contributed by atoms with van der Waals surface area (Å²) in [4.78, 5) is 13.3. The van der Waals surface area contributed by atoms with Gasteiger partial charge in [-0.05, 0) is 42.9 Å². The molecule has 0 aliphatic carbocycles. The van der Waals surface area contributed by atoms with Gasteiger partial charge in [-0.3, -0.25) is 4.79 Å². The van der Waals surface area contributed by atoms with E-state index in [4.69, 9.17) is 11.6 Å². The Bertz CT molecular complexity index is 868. The quantitative estimate of drug-likeness (QED) is 0.305. The second-order valence-corrected chi connectivity index (χ2v) is 9.68. The van der Waals surface area contributed by atoms with Crippen molar-refractivity contribution < 1.29 is 18.0 Å². The fraction of sp³-hybridized carbons (Fsp3) is 0.435. The van der Waals surface area contributed by atoms with Gasteiger partial charge in [-0.15, -0.1) is 11.8 Å². The molecule has 2 aromatic carbocycles. The lowest BCUT2D eigenvalue weighted by Crippen LogP contribution is -2.16. The standard InChI is InChI=1S/C23H27ClF3NOS/c1-5-6-15(9-13(2)3)14(4)30-21-10-16(7-8-18(21)24)23(29)28-17-11-19(25)22(27)20(26)12-17/h7-8,10-15H,5-6,9H2,1-4H3,(H,28,29). The Hall–Kier alpha value is -1.66. The van der Waals surface area contributed by atoms with Gasteiger partial charge >= 0.3 is 0 Å². The van der Waals surface area contributed by atoms with Gasteiger partial charge in [-0.2, -0.15) is 0 Å². The van der Waals surface area contributed by atoms with Gasteiger partial charge in [0.1, 0.15) is 0 Å². The first kappa shape index (κ1) is 24.6. The largest absolute Gasteiger partial charge is 0.322 e. The molecule has 0 radical (unpaired) electrons. The second-order valence-electron chi connectivity index (χ2n) is 7.85. The highest BCUT2D eigenvalue weighted by atomic mass is 35.5. The number of benzene rings is 2. The fourth-order valence-corrected chi connectivity index (χ4v) is 4.85. The first-order chi connectivity index (χ1) is 14.1. The second kappa shape index (κ2) is 11.1. The zero-order valence-corrected chi connectivity index (χ0v) is 19.1. The van der Waals surface area contributed by atoms with Crippen molar-refractivity contribution in [1.82, 2.24) is 0 Å². The molecule has 1 amide bonds. The molecule has 0 saturated heterocycles. The van der Waals surface area contributed by atoms with Crippen molar-refractivity contribution in [3.05, 3.63) is 58.4 Å². The van der Waals surface area contributed by atoms with Gasteiger partial charge in [-0.25, -0.2) is 13.2 Å². The summed E-state index contributed by atoms with van der Waals surface area (Å²) >= 11 is 7.98. The van der Waals surface area contributed by atoms with Crippen molar-refractivity contribution in [3.63, 3.8) is 0 Å². The first-order valence-electron chi connectivity index (χ1n) is 10.0. The van der Waals surface area contributed by atoms with Gasteiger partial charge in [0.25, 0.3) is 5.91 Å². The van der Waals surface area contributed by atoms with Crippen LogP contribution in [0.15, 0.2) is 35.2 Å². The SMILES string of the molecule is CCCC(CC(C)C)C(C)Sc1cc(C(=O)Nc2cc(F)c(F)c(F)c2)ccc1Cl. The van der Waals surface area contributed by atoms with Gasteiger partial charge in [0.2, 0.25) is 0 Å². The molecule has 0 aliphatic rings. The number of rotatable bonds is 9. The normalized spacial score (nSPS) is 13.4. The van der Waals surface area contributed by atoms with Gasteiger partial charge < -0.3 is 5.32 Å². The van der Waals surface area contributed by atoms with Crippen molar-refractivity contribution in [2.24, 2.45) is 11.8 Å². The highest BCUT2D eigenvalue weighted by molar-refractivity contribution is 8.00. The van der Waals surface area contributed by atoms with E-state index in [1.807, 2.05) is 0 Å². The Morgan fingerprint density at radius 1 is 1.10 bits per heavy atom. The minimum absolute atomic E-state index is 0.158. The van der Waals surface area contributed by atoms with E-state index in [2.05, 4.69) is 33.0 Å². The molecule has 0 heterocycles. The fourth-order valence-electron chi connectivity index (χ4n) is 3.38. The Balaban J connectivity index is 2.18. The monoisotopic (exact) mass is 457 g/mol. The van der Waals surface area contributed by atoms with Gasteiger partial charge in [-0.1, -0.05) is 45.7 Å². The van der Waals surface area contributed by atoms with Crippen LogP contribution in [0.2, 0.25) is 5.02 Å². The molecule has 2 rings (SSSR count). The van der Waals surface area contributed by atoms with Crippen LogP contribution >= 0.6 is 23.4 Å². The first-order valence-corrected chi connectivity index (χ1v) is 11.3. The summed E-state index contributed by atoms with van der Waals surface area (Å²) in [7, 11) is 0. The van der Waals surface area contributed by atoms with Crippen molar-refractivity contribution in [2.75, 3.05) is 5.32 Å². The molecule has 0 spiro atoms. The van der Waals surface area contributed by atoms with Crippen LogP contribution in [0.5, 0.6) is 0 Å². The summed E-state index contributed by atoms with van der Waals surface area (Å²) in [5.41, 5.74) is 0.143. The van der Waals surface area contributed by atoms with Crippen molar-refractivity contribution in [3.8, 4) is 0 Å². The minimum atomic E-state index is -1.57. The van der Waals surface area contributed by atoms with Crippen LogP contribution in [0.25, 0.3) is 0 Å². The van der Waals surface area contributed by atoms with Crippen molar-refractivity contribution in [1.29, 1.82) is 0 Å². The third-order valence-corrected chi connectivity index (χ3v) is 6.64. The predicted molar refractivity (Wildman–Crippen MR) is 119 cm³/mol. The molecule has 7 heteroatoms. The van der Waals surface area contributed by atoms with E-state index < -0.39 is 23.4 Å². The summed E-state index contributed by atoms with van der Waals surface area (Å²) in [6.07, 6.45) is 3.33. The number of halogens is 4. The van der Waals surface area contributed by atoms with E-state index in [0.717, 1.165) is 36.3 Å². The lowest BCUT2D eigenvalue weighted by molar-refractivity contribution is 0.102. The molecule has 2 atom stereocenters. The molecule has 2 unspecified atom stereocenters. The Labute approximate surface area is 185 Å². The summed E-state index contributed by atoms with van der Waals surface area (Å²) in [5, 5.41) is 3.25. The summed E-state index contributed by atoms with van der Waals surface area (Å²) in [6.45, 7) is 8.75. The molecule has 0 aliphatic heterocycles. The Morgan fingerprint density at radius 3 is 2.30 bits per heavy atom. The highest BCUT2D eigenvalue weighted by Gasteiger charge is 2.21. The smallest absolute Gasteiger partial charge is 0.255 e. The summed E-state index contributed by atoms with van der Waals surface area (Å²) in [5.74, 6) is -3.74. The minimum Gasteiger partial charge on any atom is -0.322 e. The zero-order valence-electron chi connectivity index (χ0n) is 17.6. The highest BCUT2D eigenvalue weighted by Crippen LogP contribution is 2.37. The average Bonchev–Trinajstić information content (AvgIpc) is 2.67. The Kier molecular flexibility index (Phi) is 9.10. The third kappa shape index (κ3) is 6.67. The van der Waals surface area contributed by atoms with E-state index in [9.17, 15) is 18.0 Å². The number of hydrogen-bond donors (Lipinski definition) is 1. The lowest BCUT2D eigenvalue weighted by atomic mass is 9.91. The molecule has 0 fully saturated rings. The van der Waals surface area contributed by atoms with Gasteiger partial charge in [0.15, 0.2) is 17.5 Å². The number of hydrogen-bond acceptors (Lipinski definition) is 2. The molecule has 30 heavy (non-hydrogen) atoms. The third-order valence-electron chi connectivity index (χ3n) is 4.85. The molecule has 0 saturated carbocycles. The Morgan fingerprint density at radius 2 is 1.73 bits per heavy atom. The van der Waals surface area contributed by atoms with Gasteiger partial charge in [0, 0.05) is 33.5 Å². The van der Waals surface area contributed by atoms with E-state index in [1.165, 1.54) is 0 Å². The molecule has 2 aromatic rings. The zero-order chi connectivity index (χ0) is 22.4. The van der Waals surface area contributed by atoms with Crippen LogP contribution in [0, 0.1) is 29.3 Å². The van der Waals surface area contributed by atoms with E-state index >= 15 is 0 Å². The van der Waals surface area contributed by atoms with Crippen LogP contribution < -0.4 is 5.32 Å². The molecular formula is C23H27ClF3NOS. The lowest BCUT2D eigenvalue weighted by Gasteiger charge is -2.25. The van der Waals surface area contributed by atoms with Crippen LogP contribution in [0.4, 0.5) is 18.9 Å². The molecule has 1 N–H and O–H groups in total. The van der Waals surface area contributed by atoms with Crippen molar-refractivity contribution >= 4 is 35.0 Å². The van der Waals surface area contributed by atoms with Crippen LogP contribution in [-0.2, 0) is 0 Å².